The first kappa shape index (κ1) is 12.4. The van der Waals surface area contributed by atoms with E-state index in [0.29, 0.717) is 23.1 Å². The summed E-state index contributed by atoms with van der Waals surface area (Å²) in [6, 6.07) is 3.56. The van der Waals surface area contributed by atoms with E-state index >= 15 is 0 Å². The second kappa shape index (κ2) is 4.65. The van der Waals surface area contributed by atoms with Crippen molar-refractivity contribution < 1.29 is 10.2 Å². The molecule has 1 heterocycles. The first-order chi connectivity index (χ1) is 7.51. The lowest BCUT2D eigenvalue weighted by molar-refractivity contribution is -0.104. The smallest absolute Gasteiger partial charge is 0.117 e. The average molecular weight is 261 g/mol. The summed E-state index contributed by atoms with van der Waals surface area (Å²) in [7, 11) is 0. The molecule has 90 valence electrons. The summed E-state index contributed by atoms with van der Waals surface area (Å²) in [6.45, 7) is 2.19. The molecule has 0 amide bonds. The Balaban J connectivity index is 2.11. The lowest BCUT2D eigenvalue weighted by Crippen LogP contribution is -2.39. The lowest BCUT2D eigenvalue weighted by Gasteiger charge is -2.38. The summed E-state index contributed by atoms with van der Waals surface area (Å²) in [5.74, 6) is 0.652. The van der Waals surface area contributed by atoms with Crippen LogP contribution in [0.25, 0.3) is 0 Å². The maximum atomic E-state index is 10.4. The van der Waals surface area contributed by atoms with Crippen LogP contribution in [0.1, 0.15) is 43.6 Å². The van der Waals surface area contributed by atoms with Gasteiger partial charge in [0, 0.05) is 4.88 Å². The molecule has 1 unspecified atom stereocenters. The van der Waals surface area contributed by atoms with Crippen molar-refractivity contribution in [3.05, 3.63) is 21.3 Å². The van der Waals surface area contributed by atoms with Crippen LogP contribution < -0.4 is 0 Å². The second-order valence-corrected chi connectivity index (χ2v) is 6.58. The van der Waals surface area contributed by atoms with Gasteiger partial charge in [0.25, 0.3) is 0 Å². The predicted molar refractivity (Wildman–Crippen MR) is 66.9 cm³/mol. The van der Waals surface area contributed by atoms with Crippen LogP contribution >= 0.6 is 22.9 Å². The molecule has 0 saturated heterocycles. The fourth-order valence-electron chi connectivity index (χ4n) is 2.28. The van der Waals surface area contributed by atoms with Gasteiger partial charge < -0.3 is 10.2 Å². The molecule has 2 nitrogen and oxygen atoms in total. The Kier molecular flexibility index (Phi) is 3.59. The van der Waals surface area contributed by atoms with Crippen LogP contribution in [0.2, 0.25) is 4.34 Å². The van der Waals surface area contributed by atoms with Gasteiger partial charge in [0.2, 0.25) is 0 Å². The normalized spacial score (nSPS) is 32.6. The molecule has 0 aromatic carbocycles. The summed E-state index contributed by atoms with van der Waals surface area (Å²) >= 11 is 7.18. The van der Waals surface area contributed by atoms with Crippen LogP contribution in [0, 0.1) is 5.92 Å². The van der Waals surface area contributed by atoms with Crippen molar-refractivity contribution in [1.82, 2.24) is 0 Å². The second-order valence-electron chi connectivity index (χ2n) is 4.83. The molecule has 1 aromatic rings. The molecule has 0 spiro atoms. The van der Waals surface area contributed by atoms with Gasteiger partial charge in [0.1, 0.15) is 6.10 Å². The molecule has 16 heavy (non-hydrogen) atoms. The number of rotatable bonds is 2. The summed E-state index contributed by atoms with van der Waals surface area (Å²) in [4.78, 5) is 0.766. The van der Waals surface area contributed by atoms with E-state index in [0.717, 1.165) is 17.7 Å². The molecule has 1 atom stereocenters. The van der Waals surface area contributed by atoms with Gasteiger partial charge in [-0.2, -0.15) is 0 Å². The molecule has 1 aromatic heterocycles. The van der Waals surface area contributed by atoms with E-state index in [1.54, 1.807) is 12.1 Å². The Hall–Kier alpha value is -0.0900. The number of aliphatic hydroxyl groups is 2. The Morgan fingerprint density at radius 1 is 1.44 bits per heavy atom. The van der Waals surface area contributed by atoms with Gasteiger partial charge in [0.15, 0.2) is 0 Å². The maximum Gasteiger partial charge on any atom is 0.117 e. The monoisotopic (exact) mass is 260 g/mol. The topological polar surface area (TPSA) is 40.5 Å². The van der Waals surface area contributed by atoms with Crippen molar-refractivity contribution in [2.45, 2.75) is 44.3 Å². The number of thiophene rings is 1. The highest BCUT2D eigenvalue weighted by molar-refractivity contribution is 7.16. The Bertz CT molecular complexity index is 356. The highest BCUT2D eigenvalue weighted by atomic mass is 35.5. The van der Waals surface area contributed by atoms with Crippen LogP contribution in [0.3, 0.4) is 0 Å². The molecule has 0 aliphatic heterocycles. The fraction of sp³-hybridized carbons (Fsp3) is 0.667. The predicted octanol–water partition coefficient (Wildman–Crippen LogP) is 3.38. The molecule has 0 radical (unpaired) electrons. The Morgan fingerprint density at radius 2 is 2.06 bits per heavy atom. The lowest BCUT2D eigenvalue weighted by atomic mass is 9.76. The minimum Gasteiger partial charge on any atom is -0.387 e. The molecule has 4 heteroatoms. The molecule has 1 aliphatic carbocycles. The minimum atomic E-state index is -0.958. The van der Waals surface area contributed by atoms with E-state index in [4.69, 9.17) is 11.6 Å². The summed E-state index contributed by atoms with van der Waals surface area (Å²) < 4.78 is 0.654. The number of hydrogen-bond acceptors (Lipinski definition) is 3. The maximum absolute atomic E-state index is 10.4. The van der Waals surface area contributed by atoms with Crippen molar-refractivity contribution in [3.63, 3.8) is 0 Å². The van der Waals surface area contributed by atoms with Crippen LogP contribution in [0.4, 0.5) is 0 Å². The van der Waals surface area contributed by atoms with E-state index in [1.165, 1.54) is 11.3 Å². The Labute approximate surface area is 105 Å². The quantitative estimate of drug-likeness (QED) is 0.856. The van der Waals surface area contributed by atoms with Crippen LogP contribution in [-0.2, 0) is 0 Å². The van der Waals surface area contributed by atoms with Crippen molar-refractivity contribution in [2.24, 2.45) is 5.92 Å². The number of halogens is 1. The van der Waals surface area contributed by atoms with Gasteiger partial charge in [-0.25, -0.2) is 0 Å². The van der Waals surface area contributed by atoms with Gasteiger partial charge in [-0.1, -0.05) is 18.5 Å². The molecule has 0 bridgehead atoms. The molecule has 2 rings (SSSR count). The molecule has 1 aliphatic rings. The fourth-order valence-corrected chi connectivity index (χ4v) is 3.43. The van der Waals surface area contributed by atoms with Gasteiger partial charge in [0.05, 0.1) is 9.94 Å². The minimum absolute atomic E-state index is 0.652. The summed E-state index contributed by atoms with van der Waals surface area (Å²) in [5, 5.41) is 20.6. The van der Waals surface area contributed by atoms with E-state index in [1.807, 2.05) is 0 Å². The van der Waals surface area contributed by atoms with Crippen LogP contribution in [-0.4, -0.2) is 15.8 Å². The highest BCUT2D eigenvalue weighted by Gasteiger charge is 2.39. The first-order valence-corrected chi connectivity index (χ1v) is 6.86. The zero-order valence-electron chi connectivity index (χ0n) is 9.32. The zero-order chi connectivity index (χ0) is 11.8. The highest BCUT2D eigenvalue weighted by Crippen LogP contribution is 2.42. The third-order valence-corrected chi connectivity index (χ3v) is 4.80. The van der Waals surface area contributed by atoms with Crippen LogP contribution in [0.15, 0.2) is 12.1 Å². The standard InChI is InChI=1S/C12H17ClO2S/c1-8-4-6-12(15,7-5-8)11(14)9-2-3-10(13)16-9/h2-3,8,11,14-15H,4-7H2,1H3. The van der Waals surface area contributed by atoms with E-state index in [9.17, 15) is 10.2 Å². The van der Waals surface area contributed by atoms with Gasteiger partial charge in [-0.3, -0.25) is 0 Å². The average Bonchev–Trinajstić information content (AvgIpc) is 2.68. The first-order valence-electron chi connectivity index (χ1n) is 5.67. The van der Waals surface area contributed by atoms with E-state index < -0.39 is 11.7 Å². The summed E-state index contributed by atoms with van der Waals surface area (Å²) in [6.07, 6.45) is 2.51. The molecule has 1 saturated carbocycles. The van der Waals surface area contributed by atoms with Crippen molar-refractivity contribution >= 4 is 22.9 Å². The molecular weight excluding hydrogens is 244 g/mol. The number of aliphatic hydroxyl groups excluding tert-OH is 1. The molecular formula is C12H17ClO2S. The third kappa shape index (κ3) is 2.43. The van der Waals surface area contributed by atoms with Gasteiger partial charge in [-0.15, -0.1) is 11.3 Å². The SMILES string of the molecule is CC1CCC(O)(C(O)c2ccc(Cl)s2)CC1. The van der Waals surface area contributed by atoms with Crippen molar-refractivity contribution in [2.75, 3.05) is 0 Å². The van der Waals surface area contributed by atoms with Crippen LogP contribution in [0.5, 0.6) is 0 Å². The third-order valence-electron chi connectivity index (χ3n) is 3.51. The van der Waals surface area contributed by atoms with Crippen molar-refractivity contribution in [1.29, 1.82) is 0 Å². The van der Waals surface area contributed by atoms with E-state index in [-0.39, 0.29) is 0 Å². The molecule has 1 fully saturated rings. The summed E-state index contributed by atoms with van der Waals surface area (Å²) in [5.41, 5.74) is -0.958. The Morgan fingerprint density at radius 3 is 2.56 bits per heavy atom. The van der Waals surface area contributed by atoms with Gasteiger partial charge >= 0.3 is 0 Å². The largest absolute Gasteiger partial charge is 0.387 e. The van der Waals surface area contributed by atoms with Gasteiger partial charge in [-0.05, 0) is 43.7 Å². The molecule has 2 N–H and O–H groups in total. The number of hydrogen-bond donors (Lipinski definition) is 2. The van der Waals surface area contributed by atoms with Crippen molar-refractivity contribution in [3.8, 4) is 0 Å². The van der Waals surface area contributed by atoms with E-state index in [2.05, 4.69) is 6.92 Å². The zero-order valence-corrected chi connectivity index (χ0v) is 10.9.